The van der Waals surface area contributed by atoms with Gasteiger partial charge < -0.3 is 5.32 Å². The van der Waals surface area contributed by atoms with Crippen LogP contribution in [0.4, 0.5) is 0 Å². The van der Waals surface area contributed by atoms with E-state index in [2.05, 4.69) is 27.4 Å². The molecule has 100 valence electrons. The van der Waals surface area contributed by atoms with Crippen molar-refractivity contribution >= 4 is 0 Å². The summed E-state index contributed by atoms with van der Waals surface area (Å²) in [5, 5.41) is 20.7. The first-order chi connectivity index (χ1) is 9.17. The van der Waals surface area contributed by atoms with E-state index in [4.69, 9.17) is 5.26 Å². The Bertz CT molecular complexity index is 602. The van der Waals surface area contributed by atoms with Crippen molar-refractivity contribution in [2.75, 3.05) is 6.54 Å². The van der Waals surface area contributed by atoms with E-state index in [1.165, 1.54) is 0 Å². The van der Waals surface area contributed by atoms with Gasteiger partial charge in [-0.25, -0.2) is 9.67 Å². The van der Waals surface area contributed by atoms with Gasteiger partial charge in [-0.3, -0.25) is 4.68 Å². The summed E-state index contributed by atoms with van der Waals surface area (Å²) in [6.45, 7) is 5.77. The molecular weight excluding hydrogens is 242 g/mol. The molecule has 19 heavy (non-hydrogen) atoms. The highest BCUT2D eigenvalue weighted by molar-refractivity contribution is 5.37. The van der Waals surface area contributed by atoms with Gasteiger partial charge in [0.15, 0.2) is 5.82 Å². The Morgan fingerprint density at radius 2 is 2.21 bits per heavy atom. The number of nitrogens with zero attached hydrogens (tertiary/aromatic N) is 6. The van der Waals surface area contributed by atoms with Crippen molar-refractivity contribution in [3.8, 4) is 11.9 Å². The molecule has 0 atom stereocenters. The van der Waals surface area contributed by atoms with Crippen molar-refractivity contribution in [3.05, 3.63) is 23.4 Å². The molecule has 0 bridgehead atoms. The van der Waals surface area contributed by atoms with Gasteiger partial charge in [0.2, 0.25) is 0 Å². The lowest BCUT2D eigenvalue weighted by Crippen LogP contribution is -2.16. The normalized spacial score (nSPS) is 10.6. The molecule has 0 aliphatic rings. The molecule has 7 heteroatoms. The van der Waals surface area contributed by atoms with Crippen LogP contribution in [0.2, 0.25) is 0 Å². The van der Waals surface area contributed by atoms with Crippen LogP contribution in [0.5, 0.6) is 0 Å². The molecule has 0 aromatic carbocycles. The fraction of sp³-hybridized carbons (Fsp3) is 0.500. The first kappa shape index (κ1) is 13.2. The quantitative estimate of drug-likeness (QED) is 0.798. The largest absolute Gasteiger partial charge is 0.312 e. The van der Waals surface area contributed by atoms with E-state index in [0.29, 0.717) is 0 Å². The summed E-state index contributed by atoms with van der Waals surface area (Å²) in [5.74, 6) is 1.00. The predicted molar refractivity (Wildman–Crippen MR) is 69.6 cm³/mol. The standard InChI is InChI=1S/C12H17N7/c1-4-5-14-7-10-9(2)16-18(3)12(10)19-8-15-11(6-13)17-19/h8,14H,4-5,7H2,1-3H3. The van der Waals surface area contributed by atoms with Crippen LogP contribution in [0.3, 0.4) is 0 Å². The van der Waals surface area contributed by atoms with Crippen LogP contribution in [-0.2, 0) is 13.6 Å². The Balaban J connectivity index is 2.36. The molecule has 2 rings (SSSR count). The number of nitrogens with one attached hydrogen (secondary N) is 1. The third-order valence-corrected chi connectivity index (χ3v) is 2.85. The van der Waals surface area contributed by atoms with E-state index >= 15 is 0 Å². The van der Waals surface area contributed by atoms with Crippen molar-refractivity contribution in [1.29, 1.82) is 5.26 Å². The van der Waals surface area contributed by atoms with E-state index in [1.54, 1.807) is 15.7 Å². The molecule has 2 aromatic rings. The average molecular weight is 259 g/mol. The molecule has 7 nitrogen and oxygen atoms in total. The van der Waals surface area contributed by atoms with E-state index < -0.39 is 0 Å². The second-order valence-electron chi connectivity index (χ2n) is 4.31. The average Bonchev–Trinajstić information content (AvgIpc) is 2.95. The fourth-order valence-electron chi connectivity index (χ4n) is 1.99. The smallest absolute Gasteiger partial charge is 0.252 e. The third-order valence-electron chi connectivity index (χ3n) is 2.85. The summed E-state index contributed by atoms with van der Waals surface area (Å²) >= 11 is 0. The number of hydrogen-bond acceptors (Lipinski definition) is 5. The first-order valence-electron chi connectivity index (χ1n) is 6.22. The van der Waals surface area contributed by atoms with Gasteiger partial charge in [-0.1, -0.05) is 6.92 Å². The summed E-state index contributed by atoms with van der Waals surface area (Å²) in [6.07, 6.45) is 2.62. The highest BCUT2D eigenvalue weighted by Gasteiger charge is 2.16. The second kappa shape index (κ2) is 5.63. The summed E-state index contributed by atoms with van der Waals surface area (Å²) < 4.78 is 3.36. The summed E-state index contributed by atoms with van der Waals surface area (Å²) in [7, 11) is 1.86. The molecule has 2 aromatic heterocycles. The van der Waals surface area contributed by atoms with Crippen LogP contribution < -0.4 is 5.32 Å². The van der Waals surface area contributed by atoms with E-state index in [1.807, 2.05) is 20.0 Å². The topological polar surface area (TPSA) is 84.4 Å². The van der Waals surface area contributed by atoms with Gasteiger partial charge >= 0.3 is 0 Å². The number of aryl methyl sites for hydroxylation is 2. The van der Waals surface area contributed by atoms with Crippen molar-refractivity contribution in [2.45, 2.75) is 26.8 Å². The first-order valence-corrected chi connectivity index (χ1v) is 6.22. The summed E-state index contributed by atoms with van der Waals surface area (Å²) in [6, 6.07) is 1.93. The molecule has 0 saturated carbocycles. The Morgan fingerprint density at radius 1 is 1.42 bits per heavy atom. The molecule has 0 saturated heterocycles. The zero-order valence-corrected chi connectivity index (χ0v) is 11.4. The minimum Gasteiger partial charge on any atom is -0.312 e. The van der Waals surface area contributed by atoms with Gasteiger partial charge in [0.05, 0.1) is 5.69 Å². The van der Waals surface area contributed by atoms with Gasteiger partial charge in [-0.05, 0) is 19.9 Å². The van der Waals surface area contributed by atoms with Crippen LogP contribution in [0, 0.1) is 18.3 Å². The third kappa shape index (κ3) is 2.63. The number of rotatable bonds is 5. The molecular formula is C12H17N7. The molecule has 0 radical (unpaired) electrons. The predicted octanol–water partition coefficient (Wildman–Crippen LogP) is 0.680. The summed E-state index contributed by atoms with van der Waals surface area (Å²) in [4.78, 5) is 3.93. The van der Waals surface area contributed by atoms with Crippen LogP contribution >= 0.6 is 0 Å². The number of aromatic nitrogens is 5. The SMILES string of the molecule is CCCNCc1c(C)nn(C)c1-n1cnc(C#N)n1. The molecule has 0 fully saturated rings. The molecule has 0 aliphatic carbocycles. The second-order valence-corrected chi connectivity index (χ2v) is 4.31. The highest BCUT2D eigenvalue weighted by Crippen LogP contribution is 2.16. The maximum atomic E-state index is 8.79. The lowest BCUT2D eigenvalue weighted by Gasteiger charge is -2.06. The zero-order chi connectivity index (χ0) is 13.8. The Hall–Kier alpha value is -2.20. The van der Waals surface area contributed by atoms with Crippen LogP contribution in [0.25, 0.3) is 5.82 Å². The zero-order valence-electron chi connectivity index (χ0n) is 11.4. The molecule has 0 amide bonds. The Morgan fingerprint density at radius 3 is 2.84 bits per heavy atom. The number of hydrogen-bond donors (Lipinski definition) is 1. The van der Waals surface area contributed by atoms with Crippen LogP contribution in [0.1, 0.15) is 30.4 Å². The van der Waals surface area contributed by atoms with Gasteiger partial charge in [-0.2, -0.15) is 10.4 Å². The van der Waals surface area contributed by atoms with Crippen LogP contribution in [0.15, 0.2) is 6.33 Å². The number of nitriles is 1. The monoisotopic (exact) mass is 259 g/mol. The maximum absolute atomic E-state index is 8.79. The van der Waals surface area contributed by atoms with Gasteiger partial charge in [0, 0.05) is 19.2 Å². The van der Waals surface area contributed by atoms with Crippen molar-refractivity contribution in [3.63, 3.8) is 0 Å². The maximum Gasteiger partial charge on any atom is 0.252 e. The molecule has 1 N–H and O–H groups in total. The van der Waals surface area contributed by atoms with Crippen molar-refractivity contribution in [2.24, 2.45) is 7.05 Å². The van der Waals surface area contributed by atoms with Gasteiger partial charge in [0.1, 0.15) is 12.4 Å². The molecule has 0 unspecified atom stereocenters. The Kier molecular flexibility index (Phi) is 3.92. The molecule has 0 aliphatic heterocycles. The minimum atomic E-state index is 0.159. The van der Waals surface area contributed by atoms with Gasteiger partial charge in [-0.15, -0.1) is 5.10 Å². The fourth-order valence-corrected chi connectivity index (χ4v) is 1.99. The highest BCUT2D eigenvalue weighted by atomic mass is 15.4. The Labute approximate surface area is 111 Å². The van der Waals surface area contributed by atoms with E-state index in [0.717, 1.165) is 36.6 Å². The van der Waals surface area contributed by atoms with Crippen molar-refractivity contribution in [1.82, 2.24) is 29.9 Å². The van der Waals surface area contributed by atoms with Gasteiger partial charge in [0.25, 0.3) is 5.82 Å². The van der Waals surface area contributed by atoms with Crippen molar-refractivity contribution < 1.29 is 0 Å². The lowest BCUT2D eigenvalue weighted by atomic mass is 10.2. The molecule has 2 heterocycles. The molecule has 0 spiro atoms. The lowest BCUT2D eigenvalue weighted by molar-refractivity contribution is 0.658. The van der Waals surface area contributed by atoms with Crippen LogP contribution in [-0.4, -0.2) is 31.1 Å². The van der Waals surface area contributed by atoms with E-state index in [-0.39, 0.29) is 5.82 Å². The van der Waals surface area contributed by atoms with E-state index in [9.17, 15) is 0 Å². The minimum absolute atomic E-state index is 0.159. The summed E-state index contributed by atoms with van der Waals surface area (Å²) in [5.41, 5.74) is 2.03.